The number of aromatic nitrogens is 1. The van der Waals surface area contributed by atoms with E-state index in [9.17, 15) is 4.79 Å². The lowest BCUT2D eigenvalue weighted by Gasteiger charge is -2.05. The van der Waals surface area contributed by atoms with Gasteiger partial charge < -0.3 is 4.74 Å². The topological polar surface area (TPSA) is 39.2 Å². The Labute approximate surface area is 91.4 Å². The van der Waals surface area contributed by atoms with Crippen LogP contribution < -0.4 is 4.74 Å². The van der Waals surface area contributed by atoms with E-state index in [4.69, 9.17) is 4.74 Å². The molecule has 0 fully saturated rings. The van der Waals surface area contributed by atoms with E-state index >= 15 is 0 Å². The summed E-state index contributed by atoms with van der Waals surface area (Å²) in [6.45, 7) is 0. The lowest BCUT2D eigenvalue weighted by Crippen LogP contribution is -1.89. The fourth-order valence-corrected chi connectivity index (χ4v) is 1.98. The van der Waals surface area contributed by atoms with Crippen molar-refractivity contribution in [3.05, 3.63) is 35.3 Å². The third kappa shape index (κ3) is 1.89. The zero-order valence-electron chi connectivity index (χ0n) is 8.14. The van der Waals surface area contributed by atoms with Crippen LogP contribution in [0.2, 0.25) is 0 Å². The molecule has 1 aromatic carbocycles. The number of aldehydes is 1. The first-order valence-electron chi connectivity index (χ1n) is 4.38. The van der Waals surface area contributed by atoms with Crippen molar-refractivity contribution in [3.8, 4) is 16.3 Å². The highest BCUT2D eigenvalue weighted by atomic mass is 32.1. The predicted octanol–water partition coefficient (Wildman–Crippen LogP) is 2.63. The van der Waals surface area contributed by atoms with Crippen LogP contribution in [0.25, 0.3) is 10.6 Å². The highest BCUT2D eigenvalue weighted by Crippen LogP contribution is 2.31. The Morgan fingerprint density at radius 1 is 1.47 bits per heavy atom. The molecule has 76 valence electrons. The second-order valence-electron chi connectivity index (χ2n) is 2.91. The first-order valence-corrected chi connectivity index (χ1v) is 5.26. The van der Waals surface area contributed by atoms with Crippen LogP contribution in [-0.4, -0.2) is 18.4 Å². The minimum atomic E-state index is 0.604. The van der Waals surface area contributed by atoms with Gasteiger partial charge in [-0.15, -0.1) is 11.3 Å². The monoisotopic (exact) mass is 219 g/mol. The molecule has 0 unspecified atom stereocenters. The fraction of sp³-hybridized carbons (Fsp3) is 0.0909. The van der Waals surface area contributed by atoms with Gasteiger partial charge in [0.05, 0.1) is 12.7 Å². The minimum Gasteiger partial charge on any atom is -0.496 e. The van der Waals surface area contributed by atoms with Crippen LogP contribution in [-0.2, 0) is 0 Å². The third-order valence-electron chi connectivity index (χ3n) is 2.02. The van der Waals surface area contributed by atoms with Gasteiger partial charge in [-0.2, -0.15) is 0 Å². The number of hydrogen-bond acceptors (Lipinski definition) is 4. The number of methoxy groups -OCH3 is 1. The van der Waals surface area contributed by atoms with E-state index < -0.39 is 0 Å². The first-order chi connectivity index (χ1) is 7.35. The third-order valence-corrected chi connectivity index (χ3v) is 2.83. The Kier molecular flexibility index (Phi) is 2.78. The van der Waals surface area contributed by atoms with Gasteiger partial charge in [-0.3, -0.25) is 4.79 Å². The molecule has 2 aromatic rings. The highest BCUT2D eigenvalue weighted by Gasteiger charge is 2.08. The summed E-state index contributed by atoms with van der Waals surface area (Å²) in [5, 5.41) is 2.80. The maximum atomic E-state index is 10.6. The zero-order chi connectivity index (χ0) is 10.7. The molecule has 4 heteroatoms. The van der Waals surface area contributed by atoms with E-state index in [0.29, 0.717) is 11.3 Å². The number of benzene rings is 1. The van der Waals surface area contributed by atoms with Crippen LogP contribution in [0.3, 0.4) is 0 Å². The molecule has 0 saturated heterocycles. The van der Waals surface area contributed by atoms with E-state index in [1.807, 2.05) is 11.4 Å². The molecule has 1 aromatic heterocycles. The normalized spacial score (nSPS) is 9.93. The summed E-state index contributed by atoms with van der Waals surface area (Å²) in [5.74, 6) is 0.676. The molecule has 2 rings (SSSR count). The summed E-state index contributed by atoms with van der Waals surface area (Å²) in [6.07, 6.45) is 2.54. The number of thiazole rings is 1. The van der Waals surface area contributed by atoms with E-state index in [-0.39, 0.29) is 0 Å². The molecule has 0 N–H and O–H groups in total. The molecule has 0 spiro atoms. The molecule has 0 atom stereocenters. The van der Waals surface area contributed by atoms with Crippen LogP contribution in [0.5, 0.6) is 5.75 Å². The van der Waals surface area contributed by atoms with Crippen LogP contribution >= 0.6 is 11.3 Å². The molecule has 0 aliphatic heterocycles. The summed E-state index contributed by atoms with van der Waals surface area (Å²) in [4.78, 5) is 14.8. The van der Waals surface area contributed by atoms with Gasteiger partial charge in [0, 0.05) is 17.1 Å². The molecule has 1 heterocycles. The predicted molar refractivity (Wildman–Crippen MR) is 59.5 cm³/mol. The van der Waals surface area contributed by atoms with Gasteiger partial charge in [0.1, 0.15) is 17.0 Å². The van der Waals surface area contributed by atoms with Crippen LogP contribution in [0.15, 0.2) is 29.8 Å². The Morgan fingerprint density at radius 3 is 2.93 bits per heavy atom. The van der Waals surface area contributed by atoms with Gasteiger partial charge in [0.25, 0.3) is 0 Å². The van der Waals surface area contributed by atoms with Crippen molar-refractivity contribution < 1.29 is 9.53 Å². The lowest BCUT2D eigenvalue weighted by atomic mass is 10.1. The van der Waals surface area contributed by atoms with E-state index in [0.717, 1.165) is 16.9 Å². The SMILES string of the molecule is COc1cc(C=O)ccc1-c1nccs1. The minimum absolute atomic E-state index is 0.604. The van der Waals surface area contributed by atoms with Gasteiger partial charge in [-0.1, -0.05) is 6.07 Å². The maximum absolute atomic E-state index is 10.6. The fourth-order valence-electron chi connectivity index (χ4n) is 1.31. The molecule has 0 bridgehead atoms. The Morgan fingerprint density at radius 2 is 2.33 bits per heavy atom. The summed E-state index contributed by atoms with van der Waals surface area (Å²) in [7, 11) is 1.58. The Bertz CT molecular complexity index is 465. The van der Waals surface area contributed by atoms with Gasteiger partial charge >= 0.3 is 0 Å². The molecular weight excluding hydrogens is 210 g/mol. The Hall–Kier alpha value is -1.68. The average Bonchev–Trinajstić information content (AvgIpc) is 2.81. The molecule has 0 aliphatic carbocycles. The number of ether oxygens (including phenoxy) is 1. The van der Waals surface area contributed by atoms with Crippen molar-refractivity contribution in [2.24, 2.45) is 0 Å². The summed E-state index contributed by atoms with van der Waals surface area (Å²) >= 11 is 1.54. The second-order valence-corrected chi connectivity index (χ2v) is 3.81. The molecular formula is C11H9NO2S. The number of hydrogen-bond donors (Lipinski definition) is 0. The number of nitrogens with zero attached hydrogens (tertiary/aromatic N) is 1. The van der Waals surface area contributed by atoms with Crippen molar-refractivity contribution in [3.63, 3.8) is 0 Å². The number of rotatable bonds is 3. The number of carbonyl (C=O) groups is 1. The summed E-state index contributed by atoms with van der Waals surface area (Å²) in [6, 6.07) is 5.32. The molecule has 0 radical (unpaired) electrons. The molecule has 0 saturated carbocycles. The maximum Gasteiger partial charge on any atom is 0.150 e. The smallest absolute Gasteiger partial charge is 0.150 e. The second kappa shape index (κ2) is 4.23. The van der Waals surface area contributed by atoms with Crippen LogP contribution in [0, 0.1) is 0 Å². The van der Waals surface area contributed by atoms with Crippen LogP contribution in [0.1, 0.15) is 10.4 Å². The zero-order valence-corrected chi connectivity index (χ0v) is 8.95. The number of carbonyl (C=O) groups excluding carboxylic acids is 1. The van der Waals surface area contributed by atoms with Crippen molar-refractivity contribution in [2.75, 3.05) is 7.11 Å². The van der Waals surface area contributed by atoms with E-state index in [2.05, 4.69) is 4.98 Å². The van der Waals surface area contributed by atoms with Gasteiger partial charge in [0.2, 0.25) is 0 Å². The van der Waals surface area contributed by atoms with Gasteiger partial charge in [-0.25, -0.2) is 4.98 Å². The van der Waals surface area contributed by atoms with Gasteiger partial charge in [0.15, 0.2) is 0 Å². The van der Waals surface area contributed by atoms with E-state index in [1.165, 1.54) is 11.3 Å². The summed E-state index contributed by atoms with van der Waals surface area (Å²) in [5.41, 5.74) is 1.52. The van der Waals surface area contributed by atoms with Crippen LogP contribution in [0.4, 0.5) is 0 Å². The largest absolute Gasteiger partial charge is 0.496 e. The molecule has 0 amide bonds. The first kappa shape index (κ1) is 9.86. The van der Waals surface area contributed by atoms with Crippen molar-refractivity contribution in [2.45, 2.75) is 0 Å². The van der Waals surface area contributed by atoms with Crippen molar-refractivity contribution in [1.82, 2.24) is 4.98 Å². The molecule has 0 aliphatic rings. The summed E-state index contributed by atoms with van der Waals surface area (Å²) < 4.78 is 5.22. The standard InChI is InChI=1S/C11H9NO2S/c1-14-10-6-8(7-13)2-3-9(10)11-12-4-5-15-11/h2-7H,1H3. The molecule has 15 heavy (non-hydrogen) atoms. The quantitative estimate of drug-likeness (QED) is 0.745. The van der Waals surface area contributed by atoms with Gasteiger partial charge in [-0.05, 0) is 12.1 Å². The lowest BCUT2D eigenvalue weighted by molar-refractivity contribution is 0.112. The average molecular weight is 219 g/mol. The van der Waals surface area contributed by atoms with E-state index in [1.54, 1.807) is 25.4 Å². The highest BCUT2D eigenvalue weighted by molar-refractivity contribution is 7.13. The Balaban J connectivity index is 2.52. The van der Waals surface area contributed by atoms with Crippen molar-refractivity contribution >= 4 is 17.6 Å². The molecule has 3 nitrogen and oxygen atoms in total. The van der Waals surface area contributed by atoms with Crippen molar-refractivity contribution in [1.29, 1.82) is 0 Å².